The van der Waals surface area contributed by atoms with E-state index in [1.165, 1.54) is 5.56 Å². The second-order valence-electron chi connectivity index (χ2n) is 7.80. The van der Waals surface area contributed by atoms with Gasteiger partial charge in [-0.1, -0.05) is 30.3 Å². The van der Waals surface area contributed by atoms with Gasteiger partial charge in [-0.15, -0.1) is 0 Å². The first-order valence-corrected chi connectivity index (χ1v) is 9.54. The lowest BCUT2D eigenvalue weighted by Crippen LogP contribution is -2.32. The second kappa shape index (κ2) is 7.23. The molecule has 1 aliphatic heterocycles. The average molecular weight is 353 g/mol. The Morgan fingerprint density at radius 2 is 1.88 bits per heavy atom. The van der Waals surface area contributed by atoms with E-state index in [4.69, 9.17) is 4.74 Å². The predicted octanol–water partition coefficient (Wildman–Crippen LogP) is 3.02. The van der Waals surface area contributed by atoms with Crippen molar-refractivity contribution in [2.45, 2.75) is 45.8 Å². The van der Waals surface area contributed by atoms with Crippen LogP contribution in [0.4, 0.5) is 0 Å². The minimum absolute atomic E-state index is 0.230. The molecule has 0 radical (unpaired) electrons. The summed E-state index contributed by atoms with van der Waals surface area (Å²) in [7, 11) is 0. The van der Waals surface area contributed by atoms with Crippen molar-refractivity contribution in [3.05, 3.63) is 52.8 Å². The molecule has 26 heavy (non-hydrogen) atoms. The van der Waals surface area contributed by atoms with E-state index in [2.05, 4.69) is 39.4 Å². The molecular formula is C21H27N3O2. The van der Waals surface area contributed by atoms with Crippen molar-refractivity contribution in [1.82, 2.24) is 15.1 Å². The van der Waals surface area contributed by atoms with Crippen molar-refractivity contribution in [3.63, 3.8) is 0 Å². The summed E-state index contributed by atoms with van der Waals surface area (Å²) in [6.07, 6.45) is 2.94. The van der Waals surface area contributed by atoms with Crippen molar-refractivity contribution in [2.75, 3.05) is 13.1 Å². The molecule has 4 rings (SSSR count). The van der Waals surface area contributed by atoms with E-state index in [0.29, 0.717) is 31.0 Å². The number of nitrogens with one attached hydrogen (secondary N) is 1. The number of nitrogens with zero attached hydrogens (tertiary/aromatic N) is 2. The van der Waals surface area contributed by atoms with Gasteiger partial charge >= 0.3 is 0 Å². The third kappa shape index (κ3) is 3.54. The zero-order valence-corrected chi connectivity index (χ0v) is 15.6. The van der Waals surface area contributed by atoms with E-state index < -0.39 is 0 Å². The summed E-state index contributed by atoms with van der Waals surface area (Å²) in [4.78, 5) is 14.7. The van der Waals surface area contributed by atoms with E-state index in [1.54, 1.807) is 0 Å². The van der Waals surface area contributed by atoms with Crippen LogP contribution in [0.5, 0.6) is 0 Å². The zero-order chi connectivity index (χ0) is 18.1. The molecule has 1 aromatic heterocycles. The molecule has 5 nitrogen and oxygen atoms in total. The number of H-pyrrole nitrogens is 1. The lowest BCUT2D eigenvalue weighted by atomic mass is 10.0. The van der Waals surface area contributed by atoms with Crippen LogP contribution in [0.25, 0.3) is 0 Å². The van der Waals surface area contributed by atoms with Crippen LogP contribution in [0.15, 0.2) is 30.3 Å². The van der Waals surface area contributed by atoms with Gasteiger partial charge in [-0.3, -0.25) is 9.89 Å². The SMILES string of the molecule is Cc1n[nH]c(C)c1CC(=O)N1C[C@H]2CC(OCc3ccccc3)C[C@H]2C1. The molecule has 1 amide bonds. The molecule has 2 fully saturated rings. The fourth-order valence-corrected chi connectivity index (χ4v) is 4.47. The lowest BCUT2D eigenvalue weighted by molar-refractivity contribution is -0.129. The topological polar surface area (TPSA) is 58.2 Å². The minimum Gasteiger partial charge on any atom is -0.374 e. The third-order valence-electron chi connectivity index (χ3n) is 6.00. The Morgan fingerprint density at radius 1 is 1.19 bits per heavy atom. The van der Waals surface area contributed by atoms with Crippen LogP contribution < -0.4 is 0 Å². The molecule has 2 heterocycles. The number of hydrogen-bond acceptors (Lipinski definition) is 3. The summed E-state index contributed by atoms with van der Waals surface area (Å²) in [6.45, 7) is 6.39. The molecule has 1 saturated carbocycles. The van der Waals surface area contributed by atoms with Crippen molar-refractivity contribution in [2.24, 2.45) is 11.8 Å². The number of benzene rings is 1. The van der Waals surface area contributed by atoms with Crippen molar-refractivity contribution < 1.29 is 9.53 Å². The van der Waals surface area contributed by atoms with Crippen molar-refractivity contribution in [3.8, 4) is 0 Å². The van der Waals surface area contributed by atoms with E-state index in [-0.39, 0.29) is 5.91 Å². The van der Waals surface area contributed by atoms with Crippen LogP contribution in [-0.4, -0.2) is 40.2 Å². The van der Waals surface area contributed by atoms with Crippen LogP contribution in [0.2, 0.25) is 0 Å². The Morgan fingerprint density at radius 3 is 2.50 bits per heavy atom. The van der Waals surface area contributed by atoms with Gasteiger partial charge in [-0.05, 0) is 44.1 Å². The molecule has 138 valence electrons. The molecule has 0 spiro atoms. The first kappa shape index (κ1) is 17.3. The summed E-state index contributed by atoms with van der Waals surface area (Å²) in [5, 5.41) is 7.16. The molecule has 1 aromatic carbocycles. The van der Waals surface area contributed by atoms with Gasteiger partial charge < -0.3 is 9.64 Å². The van der Waals surface area contributed by atoms with Crippen LogP contribution >= 0.6 is 0 Å². The number of carbonyl (C=O) groups is 1. The van der Waals surface area contributed by atoms with E-state index >= 15 is 0 Å². The largest absolute Gasteiger partial charge is 0.374 e. The number of rotatable bonds is 5. The summed E-state index contributed by atoms with van der Waals surface area (Å²) >= 11 is 0. The smallest absolute Gasteiger partial charge is 0.227 e. The number of hydrogen-bond donors (Lipinski definition) is 1. The van der Waals surface area contributed by atoms with Gasteiger partial charge in [0.25, 0.3) is 0 Å². The molecule has 1 N–H and O–H groups in total. The van der Waals surface area contributed by atoms with Gasteiger partial charge in [0.15, 0.2) is 0 Å². The molecule has 1 saturated heterocycles. The molecule has 1 aliphatic carbocycles. The maximum absolute atomic E-state index is 12.7. The highest BCUT2D eigenvalue weighted by Gasteiger charge is 2.42. The quantitative estimate of drug-likeness (QED) is 0.899. The summed E-state index contributed by atoms with van der Waals surface area (Å²) in [6, 6.07) is 10.3. The number of likely N-dealkylation sites (tertiary alicyclic amines) is 1. The summed E-state index contributed by atoms with van der Waals surface area (Å²) in [5.41, 5.74) is 4.22. The fourth-order valence-electron chi connectivity index (χ4n) is 4.47. The summed E-state index contributed by atoms with van der Waals surface area (Å²) < 4.78 is 6.12. The Bertz CT molecular complexity index is 737. The minimum atomic E-state index is 0.230. The van der Waals surface area contributed by atoms with Crippen molar-refractivity contribution in [1.29, 1.82) is 0 Å². The van der Waals surface area contributed by atoms with Crippen LogP contribution in [-0.2, 0) is 22.6 Å². The predicted molar refractivity (Wildman–Crippen MR) is 99.6 cm³/mol. The number of fused-ring (bicyclic) bond motifs is 1. The Kier molecular flexibility index (Phi) is 4.81. The maximum Gasteiger partial charge on any atom is 0.227 e. The molecule has 5 heteroatoms. The van der Waals surface area contributed by atoms with Crippen LogP contribution in [0, 0.1) is 25.7 Å². The van der Waals surface area contributed by atoms with Gasteiger partial charge in [0.1, 0.15) is 0 Å². The number of amides is 1. The molecule has 3 atom stereocenters. The Labute approximate surface area is 154 Å². The number of aromatic nitrogens is 2. The number of ether oxygens (including phenoxy) is 1. The summed E-state index contributed by atoms with van der Waals surface area (Å²) in [5.74, 6) is 1.41. The van der Waals surface area contributed by atoms with E-state index in [0.717, 1.165) is 42.9 Å². The maximum atomic E-state index is 12.7. The van der Waals surface area contributed by atoms with Gasteiger partial charge in [0.2, 0.25) is 5.91 Å². The lowest BCUT2D eigenvalue weighted by Gasteiger charge is -2.20. The number of aryl methyl sites for hydroxylation is 2. The van der Waals surface area contributed by atoms with Crippen molar-refractivity contribution >= 4 is 5.91 Å². The molecular weight excluding hydrogens is 326 g/mol. The Hall–Kier alpha value is -2.14. The highest BCUT2D eigenvalue weighted by molar-refractivity contribution is 5.79. The molecule has 1 unspecified atom stereocenters. The number of carbonyl (C=O) groups excluding carboxylic acids is 1. The van der Waals surface area contributed by atoms with E-state index in [9.17, 15) is 4.79 Å². The molecule has 2 aliphatic rings. The van der Waals surface area contributed by atoms with Gasteiger partial charge in [0, 0.05) is 24.3 Å². The van der Waals surface area contributed by atoms with Gasteiger partial charge in [-0.25, -0.2) is 0 Å². The fraction of sp³-hybridized carbons (Fsp3) is 0.524. The van der Waals surface area contributed by atoms with E-state index in [1.807, 2.05) is 19.9 Å². The number of aromatic amines is 1. The monoisotopic (exact) mass is 353 g/mol. The normalized spacial score (nSPS) is 24.8. The average Bonchev–Trinajstić information content (AvgIpc) is 3.29. The first-order valence-electron chi connectivity index (χ1n) is 9.54. The van der Waals surface area contributed by atoms with Gasteiger partial charge in [0.05, 0.1) is 24.8 Å². The standard InChI is InChI=1S/C21H27N3O2/c1-14-20(15(2)23-22-14)10-21(25)24-11-17-8-19(9-18(17)12-24)26-13-16-6-4-3-5-7-16/h3-7,17-19H,8-13H2,1-2H3,(H,22,23)/t17-,18+,19?. The van der Waals surface area contributed by atoms with Gasteiger partial charge in [-0.2, -0.15) is 5.10 Å². The van der Waals surface area contributed by atoms with Crippen LogP contribution in [0.1, 0.15) is 35.4 Å². The third-order valence-corrected chi connectivity index (χ3v) is 6.00. The highest BCUT2D eigenvalue weighted by atomic mass is 16.5. The highest BCUT2D eigenvalue weighted by Crippen LogP contribution is 2.40. The first-order chi connectivity index (χ1) is 12.6. The van der Waals surface area contributed by atoms with Crippen LogP contribution in [0.3, 0.4) is 0 Å². The zero-order valence-electron chi connectivity index (χ0n) is 15.6. The molecule has 0 bridgehead atoms. The molecule has 2 aromatic rings. The second-order valence-corrected chi connectivity index (χ2v) is 7.80. The Balaban J connectivity index is 1.27.